The maximum Gasteiger partial charge on any atom is 0.271 e. The van der Waals surface area contributed by atoms with Crippen molar-refractivity contribution in [2.24, 2.45) is 5.10 Å². The van der Waals surface area contributed by atoms with Crippen molar-refractivity contribution >= 4 is 23.7 Å². The number of carbonyl (C=O) groups excluding carboxylic acids is 1. The summed E-state index contributed by atoms with van der Waals surface area (Å²) < 4.78 is 2.17. The van der Waals surface area contributed by atoms with Gasteiger partial charge in [-0.2, -0.15) is 5.10 Å². The number of hydrazone groups is 1. The molecule has 6 heteroatoms. The molecule has 0 unspecified atom stereocenters. The Morgan fingerprint density at radius 1 is 0.806 bits per heavy atom. The molecule has 0 atom stereocenters. The van der Waals surface area contributed by atoms with Crippen molar-refractivity contribution < 1.29 is 9.90 Å². The van der Waals surface area contributed by atoms with Gasteiger partial charge >= 0.3 is 0 Å². The van der Waals surface area contributed by atoms with E-state index in [2.05, 4.69) is 33.3 Å². The maximum absolute atomic E-state index is 12.5. The van der Waals surface area contributed by atoms with Gasteiger partial charge in [0.25, 0.3) is 5.91 Å². The topological polar surface area (TPSA) is 66.6 Å². The molecule has 0 aliphatic heterocycles. The normalized spacial score (nSPS) is 11.0. The van der Waals surface area contributed by atoms with Gasteiger partial charge in [0.05, 0.1) is 17.6 Å². The summed E-state index contributed by atoms with van der Waals surface area (Å²) >= 11 is 6.19. The van der Waals surface area contributed by atoms with Crippen molar-refractivity contribution in [1.82, 2.24) is 9.99 Å². The second-order valence-corrected chi connectivity index (χ2v) is 8.56. The molecule has 0 aliphatic rings. The van der Waals surface area contributed by atoms with Gasteiger partial charge in [0.2, 0.25) is 0 Å². The molecule has 1 aromatic heterocycles. The number of aromatic nitrogens is 1. The van der Waals surface area contributed by atoms with Crippen LogP contribution in [0.3, 0.4) is 0 Å². The summed E-state index contributed by atoms with van der Waals surface area (Å²) in [6, 6.07) is 35.9. The van der Waals surface area contributed by atoms with Crippen molar-refractivity contribution in [3.8, 4) is 34.0 Å². The van der Waals surface area contributed by atoms with E-state index in [4.69, 9.17) is 11.6 Å². The second-order valence-electron chi connectivity index (χ2n) is 8.12. The predicted molar refractivity (Wildman–Crippen MR) is 145 cm³/mol. The van der Waals surface area contributed by atoms with E-state index >= 15 is 0 Å². The monoisotopic (exact) mass is 491 g/mol. The molecule has 1 heterocycles. The number of aromatic hydroxyl groups is 1. The number of hydrogen-bond donors (Lipinski definition) is 2. The molecule has 5 rings (SSSR count). The molecule has 0 aliphatic carbocycles. The van der Waals surface area contributed by atoms with Crippen LogP contribution in [0.2, 0.25) is 5.02 Å². The molecule has 2 N–H and O–H groups in total. The van der Waals surface area contributed by atoms with Crippen LogP contribution in [-0.4, -0.2) is 21.8 Å². The average Bonchev–Trinajstić information content (AvgIpc) is 3.30. The van der Waals surface area contributed by atoms with Gasteiger partial charge in [0, 0.05) is 21.8 Å². The molecule has 1 amide bonds. The summed E-state index contributed by atoms with van der Waals surface area (Å²) in [6.07, 6.45) is 1.65. The van der Waals surface area contributed by atoms with Crippen molar-refractivity contribution in [3.05, 3.63) is 131 Å². The summed E-state index contributed by atoms with van der Waals surface area (Å²) in [4.78, 5) is 12.5. The van der Waals surface area contributed by atoms with Crippen LogP contribution in [0.25, 0.3) is 28.2 Å². The Hall–Kier alpha value is -4.61. The number of halogens is 1. The average molecular weight is 492 g/mol. The van der Waals surface area contributed by atoms with Gasteiger partial charge in [-0.25, -0.2) is 5.43 Å². The van der Waals surface area contributed by atoms with Gasteiger partial charge in [-0.1, -0.05) is 72.3 Å². The summed E-state index contributed by atoms with van der Waals surface area (Å²) in [6.45, 7) is 0. The van der Waals surface area contributed by atoms with Gasteiger partial charge < -0.3 is 9.67 Å². The Bertz CT molecular complexity index is 1510. The molecule has 5 aromatic rings. The third kappa shape index (κ3) is 4.92. The van der Waals surface area contributed by atoms with Crippen molar-refractivity contribution in [3.63, 3.8) is 0 Å². The van der Waals surface area contributed by atoms with Gasteiger partial charge in [0.1, 0.15) is 5.75 Å². The van der Waals surface area contributed by atoms with Crippen molar-refractivity contribution in [2.45, 2.75) is 0 Å². The van der Waals surface area contributed by atoms with Crippen LogP contribution < -0.4 is 5.43 Å². The zero-order valence-corrected chi connectivity index (χ0v) is 19.9. The van der Waals surface area contributed by atoms with E-state index in [0.29, 0.717) is 10.6 Å². The van der Waals surface area contributed by atoms with Crippen LogP contribution in [0.4, 0.5) is 0 Å². The summed E-state index contributed by atoms with van der Waals surface area (Å²) in [5, 5.41) is 14.4. The highest BCUT2D eigenvalue weighted by Crippen LogP contribution is 2.35. The van der Waals surface area contributed by atoms with Crippen LogP contribution in [-0.2, 0) is 0 Å². The molecule has 0 bridgehead atoms. The lowest BCUT2D eigenvalue weighted by Gasteiger charge is -2.15. The first-order valence-electron chi connectivity index (χ1n) is 11.3. The smallest absolute Gasteiger partial charge is 0.271 e. The summed E-state index contributed by atoms with van der Waals surface area (Å²) in [7, 11) is 0. The van der Waals surface area contributed by atoms with E-state index < -0.39 is 0 Å². The number of nitrogens with zero attached hydrogens (tertiary/aromatic N) is 2. The molecule has 36 heavy (non-hydrogen) atoms. The SMILES string of the molecule is O=C(N/N=C\c1cc(-c2ccccc2)n(-c2ccc(Cl)cc2)c1-c1ccccc1)c1ccc(O)cc1. The first kappa shape index (κ1) is 23.1. The Kier molecular flexibility index (Phi) is 6.65. The number of carbonyl (C=O) groups is 1. The maximum atomic E-state index is 12.5. The number of phenolic OH excluding ortho intramolecular Hbond substituents is 1. The number of hydrogen-bond acceptors (Lipinski definition) is 3. The Morgan fingerprint density at radius 2 is 1.42 bits per heavy atom. The Labute approximate surface area is 213 Å². The van der Waals surface area contributed by atoms with E-state index in [9.17, 15) is 9.90 Å². The van der Waals surface area contributed by atoms with Gasteiger partial charge in [0.15, 0.2) is 0 Å². The quantitative estimate of drug-likeness (QED) is 0.200. The van der Waals surface area contributed by atoms with E-state index in [1.54, 1.807) is 18.3 Å². The van der Waals surface area contributed by atoms with E-state index in [0.717, 1.165) is 33.8 Å². The molecule has 176 valence electrons. The number of rotatable bonds is 6. The fourth-order valence-corrected chi connectivity index (χ4v) is 4.16. The first-order chi connectivity index (χ1) is 17.6. The number of benzene rings is 4. The zero-order chi connectivity index (χ0) is 24.9. The molecular weight excluding hydrogens is 470 g/mol. The largest absolute Gasteiger partial charge is 0.508 e. The Morgan fingerprint density at radius 3 is 2.06 bits per heavy atom. The standard InChI is InChI=1S/C30H22ClN3O2/c31-25-13-15-26(16-14-25)34-28(21-7-3-1-4-8-21)19-24(29(34)22-9-5-2-6-10-22)20-32-33-30(36)23-11-17-27(35)18-12-23/h1-20,35H,(H,33,36)/b32-20-. The van der Waals surface area contributed by atoms with Crippen LogP contribution in [0.1, 0.15) is 15.9 Å². The molecule has 0 fully saturated rings. The minimum atomic E-state index is -0.368. The lowest BCUT2D eigenvalue weighted by Crippen LogP contribution is -2.17. The van der Waals surface area contributed by atoms with Crippen LogP contribution in [0.5, 0.6) is 5.75 Å². The van der Waals surface area contributed by atoms with Gasteiger partial charge in [-0.05, 0) is 65.7 Å². The highest BCUT2D eigenvalue weighted by Gasteiger charge is 2.18. The lowest BCUT2D eigenvalue weighted by atomic mass is 10.1. The molecule has 4 aromatic carbocycles. The Balaban J connectivity index is 1.62. The van der Waals surface area contributed by atoms with E-state index in [-0.39, 0.29) is 11.7 Å². The second kappa shape index (κ2) is 10.3. The summed E-state index contributed by atoms with van der Waals surface area (Å²) in [5.41, 5.74) is 8.71. The predicted octanol–water partition coefficient (Wildman–Crippen LogP) is 6.93. The molecule has 0 saturated heterocycles. The highest BCUT2D eigenvalue weighted by molar-refractivity contribution is 6.30. The molecule has 0 spiro atoms. The molecular formula is C30H22ClN3O2. The van der Waals surface area contributed by atoms with Crippen molar-refractivity contribution in [1.29, 1.82) is 0 Å². The third-order valence-corrected chi connectivity index (χ3v) is 5.98. The van der Waals surface area contributed by atoms with Crippen LogP contribution in [0, 0.1) is 0 Å². The van der Waals surface area contributed by atoms with E-state index in [1.165, 1.54) is 12.1 Å². The number of nitrogens with one attached hydrogen (secondary N) is 1. The minimum Gasteiger partial charge on any atom is -0.508 e. The lowest BCUT2D eigenvalue weighted by molar-refractivity contribution is 0.0955. The highest BCUT2D eigenvalue weighted by atomic mass is 35.5. The fraction of sp³-hybridized carbons (Fsp3) is 0. The third-order valence-electron chi connectivity index (χ3n) is 5.73. The number of amides is 1. The first-order valence-corrected chi connectivity index (χ1v) is 11.7. The molecule has 0 saturated carbocycles. The molecule has 0 radical (unpaired) electrons. The zero-order valence-electron chi connectivity index (χ0n) is 19.2. The van der Waals surface area contributed by atoms with Gasteiger partial charge in [-0.3, -0.25) is 4.79 Å². The van der Waals surface area contributed by atoms with Crippen LogP contribution in [0.15, 0.2) is 120 Å². The fourth-order valence-electron chi connectivity index (χ4n) is 4.04. The number of phenols is 1. The molecule has 5 nitrogen and oxygen atoms in total. The minimum absolute atomic E-state index is 0.0968. The summed E-state index contributed by atoms with van der Waals surface area (Å²) in [5.74, 6) is -0.271. The van der Waals surface area contributed by atoms with Crippen LogP contribution >= 0.6 is 11.6 Å². The van der Waals surface area contributed by atoms with Gasteiger partial charge in [-0.15, -0.1) is 0 Å². The van der Waals surface area contributed by atoms with E-state index in [1.807, 2.05) is 72.8 Å². The van der Waals surface area contributed by atoms with Crippen molar-refractivity contribution in [2.75, 3.05) is 0 Å².